The van der Waals surface area contributed by atoms with Crippen LogP contribution in [0.25, 0.3) is 10.8 Å². The van der Waals surface area contributed by atoms with Gasteiger partial charge in [-0.05, 0) is 25.0 Å². The summed E-state index contributed by atoms with van der Waals surface area (Å²) < 4.78 is 5.28. The van der Waals surface area contributed by atoms with E-state index in [2.05, 4.69) is 15.5 Å². The molecule has 3 rings (SSSR count). The SMILES string of the molecule is c1coc(-c2nnc(CCNC3CC3)s2)c1. The number of hydrogen-bond donors (Lipinski definition) is 1. The van der Waals surface area contributed by atoms with Crippen molar-refractivity contribution in [3.63, 3.8) is 0 Å². The maximum absolute atomic E-state index is 5.28. The van der Waals surface area contributed by atoms with Crippen LogP contribution in [0.1, 0.15) is 17.8 Å². The Hall–Kier alpha value is -1.20. The first-order chi connectivity index (χ1) is 7.92. The van der Waals surface area contributed by atoms with Gasteiger partial charge in [0.1, 0.15) is 5.01 Å². The van der Waals surface area contributed by atoms with E-state index in [9.17, 15) is 0 Å². The average Bonchev–Trinajstić information content (AvgIpc) is 2.83. The fourth-order valence-corrected chi connectivity index (χ4v) is 2.33. The van der Waals surface area contributed by atoms with Crippen molar-refractivity contribution in [1.29, 1.82) is 0 Å². The van der Waals surface area contributed by atoms with E-state index in [4.69, 9.17) is 4.42 Å². The quantitative estimate of drug-likeness (QED) is 0.862. The summed E-state index contributed by atoms with van der Waals surface area (Å²) in [5.41, 5.74) is 0. The second-order valence-corrected chi connectivity index (χ2v) is 5.02. The lowest BCUT2D eigenvalue weighted by molar-refractivity contribution is 0.581. The largest absolute Gasteiger partial charge is 0.462 e. The second kappa shape index (κ2) is 4.35. The van der Waals surface area contributed by atoms with E-state index < -0.39 is 0 Å². The summed E-state index contributed by atoms with van der Waals surface area (Å²) in [5.74, 6) is 0.805. The van der Waals surface area contributed by atoms with Gasteiger partial charge in [0.2, 0.25) is 0 Å². The summed E-state index contributed by atoms with van der Waals surface area (Å²) in [4.78, 5) is 0. The topological polar surface area (TPSA) is 51.0 Å². The number of rotatable bonds is 5. The highest BCUT2D eigenvalue weighted by atomic mass is 32.1. The van der Waals surface area contributed by atoms with E-state index in [-0.39, 0.29) is 0 Å². The second-order valence-electron chi connectivity index (χ2n) is 3.96. The van der Waals surface area contributed by atoms with Crippen molar-refractivity contribution in [2.45, 2.75) is 25.3 Å². The number of hydrogen-bond acceptors (Lipinski definition) is 5. The fourth-order valence-electron chi connectivity index (χ4n) is 1.53. The van der Waals surface area contributed by atoms with Crippen LogP contribution in [0.4, 0.5) is 0 Å². The molecule has 2 heterocycles. The predicted molar refractivity (Wildman–Crippen MR) is 62.3 cm³/mol. The molecule has 1 aliphatic rings. The van der Waals surface area contributed by atoms with Gasteiger partial charge in [-0.15, -0.1) is 10.2 Å². The Labute approximate surface area is 97.7 Å². The predicted octanol–water partition coefficient (Wildman–Crippen LogP) is 2.09. The molecule has 0 bridgehead atoms. The molecule has 0 aliphatic heterocycles. The van der Waals surface area contributed by atoms with Gasteiger partial charge in [-0.1, -0.05) is 11.3 Å². The van der Waals surface area contributed by atoms with Crippen molar-refractivity contribution >= 4 is 11.3 Å². The highest BCUT2D eigenvalue weighted by molar-refractivity contribution is 7.14. The van der Waals surface area contributed by atoms with Crippen LogP contribution in [-0.2, 0) is 6.42 Å². The monoisotopic (exact) mass is 235 g/mol. The van der Waals surface area contributed by atoms with Crippen molar-refractivity contribution in [2.75, 3.05) is 6.54 Å². The molecule has 0 spiro atoms. The van der Waals surface area contributed by atoms with E-state index in [0.717, 1.165) is 34.8 Å². The maximum atomic E-state index is 5.28. The third-order valence-corrected chi connectivity index (χ3v) is 3.55. The number of furan rings is 1. The van der Waals surface area contributed by atoms with Crippen LogP contribution in [0.5, 0.6) is 0 Å². The van der Waals surface area contributed by atoms with Crippen LogP contribution >= 0.6 is 11.3 Å². The Morgan fingerprint density at radius 2 is 2.38 bits per heavy atom. The van der Waals surface area contributed by atoms with Gasteiger partial charge < -0.3 is 9.73 Å². The standard InChI is InChI=1S/C11H13N3OS/c1-2-9(15-7-1)11-14-13-10(16-11)5-6-12-8-3-4-8/h1-2,7-8,12H,3-6H2. The Morgan fingerprint density at radius 1 is 1.44 bits per heavy atom. The van der Waals surface area contributed by atoms with Crippen LogP contribution in [0, 0.1) is 0 Å². The molecular formula is C11H13N3OS. The van der Waals surface area contributed by atoms with Crippen molar-refractivity contribution < 1.29 is 4.42 Å². The third kappa shape index (κ3) is 2.31. The molecule has 2 aromatic rings. The minimum atomic E-state index is 0.762. The normalized spacial score (nSPS) is 15.5. The van der Waals surface area contributed by atoms with Crippen LogP contribution in [-0.4, -0.2) is 22.8 Å². The van der Waals surface area contributed by atoms with Gasteiger partial charge in [-0.25, -0.2) is 0 Å². The molecule has 0 atom stereocenters. The highest BCUT2D eigenvalue weighted by Crippen LogP contribution is 2.24. The maximum Gasteiger partial charge on any atom is 0.183 e. The van der Waals surface area contributed by atoms with Crippen molar-refractivity contribution in [2.24, 2.45) is 0 Å². The minimum Gasteiger partial charge on any atom is -0.462 e. The Kier molecular flexibility index (Phi) is 2.71. The molecule has 1 saturated carbocycles. The number of aromatic nitrogens is 2. The molecule has 2 aromatic heterocycles. The van der Waals surface area contributed by atoms with Gasteiger partial charge in [0, 0.05) is 19.0 Å². The third-order valence-electron chi connectivity index (χ3n) is 2.55. The van der Waals surface area contributed by atoms with E-state index in [1.807, 2.05) is 12.1 Å². The molecule has 0 unspecified atom stereocenters. The van der Waals surface area contributed by atoms with Crippen LogP contribution < -0.4 is 5.32 Å². The van der Waals surface area contributed by atoms with Gasteiger partial charge in [0.05, 0.1) is 6.26 Å². The Morgan fingerprint density at radius 3 is 3.12 bits per heavy atom. The number of nitrogens with one attached hydrogen (secondary N) is 1. The van der Waals surface area contributed by atoms with E-state index in [0.29, 0.717) is 0 Å². The highest BCUT2D eigenvalue weighted by Gasteiger charge is 2.20. The lowest BCUT2D eigenvalue weighted by atomic mass is 10.4. The van der Waals surface area contributed by atoms with Gasteiger partial charge in [-0.2, -0.15) is 0 Å². The zero-order valence-electron chi connectivity index (χ0n) is 8.85. The van der Waals surface area contributed by atoms with Crippen molar-refractivity contribution in [3.8, 4) is 10.8 Å². The Bertz CT molecular complexity index is 448. The molecular weight excluding hydrogens is 222 g/mol. The lowest BCUT2D eigenvalue weighted by Gasteiger charge is -1.97. The molecule has 16 heavy (non-hydrogen) atoms. The molecule has 0 radical (unpaired) electrons. The van der Waals surface area contributed by atoms with E-state index in [1.54, 1.807) is 17.6 Å². The lowest BCUT2D eigenvalue weighted by Crippen LogP contribution is -2.19. The van der Waals surface area contributed by atoms with Crippen molar-refractivity contribution in [3.05, 3.63) is 23.4 Å². The molecule has 0 saturated heterocycles. The summed E-state index contributed by atoms with van der Waals surface area (Å²) in [6.45, 7) is 0.997. The summed E-state index contributed by atoms with van der Waals surface area (Å²) in [5, 5.41) is 13.7. The molecule has 84 valence electrons. The first-order valence-electron chi connectivity index (χ1n) is 5.51. The summed E-state index contributed by atoms with van der Waals surface area (Å²) in [6, 6.07) is 4.54. The van der Waals surface area contributed by atoms with Crippen LogP contribution in [0.15, 0.2) is 22.8 Å². The zero-order valence-corrected chi connectivity index (χ0v) is 9.67. The Balaban J connectivity index is 1.59. The minimum absolute atomic E-state index is 0.762. The van der Waals surface area contributed by atoms with Gasteiger partial charge in [-0.3, -0.25) is 0 Å². The van der Waals surface area contributed by atoms with Gasteiger partial charge in [0.15, 0.2) is 10.8 Å². The molecule has 4 nitrogen and oxygen atoms in total. The number of nitrogens with zero attached hydrogens (tertiary/aromatic N) is 2. The first-order valence-corrected chi connectivity index (χ1v) is 6.33. The summed E-state index contributed by atoms with van der Waals surface area (Å²) in [7, 11) is 0. The molecule has 0 amide bonds. The summed E-state index contributed by atoms with van der Waals surface area (Å²) in [6.07, 6.45) is 5.27. The average molecular weight is 235 g/mol. The van der Waals surface area contributed by atoms with E-state index in [1.165, 1.54) is 12.8 Å². The fraction of sp³-hybridized carbons (Fsp3) is 0.455. The summed E-state index contributed by atoms with van der Waals surface area (Å²) >= 11 is 1.61. The molecule has 1 N–H and O–H groups in total. The van der Waals surface area contributed by atoms with Gasteiger partial charge in [0.25, 0.3) is 0 Å². The van der Waals surface area contributed by atoms with E-state index >= 15 is 0 Å². The molecule has 1 aliphatic carbocycles. The van der Waals surface area contributed by atoms with Crippen molar-refractivity contribution in [1.82, 2.24) is 15.5 Å². The van der Waals surface area contributed by atoms with Crippen LogP contribution in [0.2, 0.25) is 0 Å². The smallest absolute Gasteiger partial charge is 0.183 e. The zero-order chi connectivity index (χ0) is 10.8. The molecule has 0 aromatic carbocycles. The molecule has 1 fully saturated rings. The molecule has 5 heteroatoms. The first kappa shape index (κ1) is 9.99. The van der Waals surface area contributed by atoms with Gasteiger partial charge >= 0.3 is 0 Å². The van der Waals surface area contributed by atoms with Crippen LogP contribution in [0.3, 0.4) is 0 Å².